The Morgan fingerprint density at radius 1 is 0.818 bits per heavy atom. The molecule has 0 aromatic heterocycles. The van der Waals surface area contributed by atoms with E-state index in [1.807, 2.05) is 0 Å². The molecule has 0 radical (unpaired) electrons. The lowest BCUT2D eigenvalue weighted by atomic mass is 10.1. The summed E-state index contributed by atoms with van der Waals surface area (Å²) >= 11 is 0. The van der Waals surface area contributed by atoms with Crippen LogP contribution in [-0.4, -0.2) is 42.6 Å². The monoisotopic (exact) mass is 528 g/mol. The smallest absolute Gasteiger partial charge is 0.311 e. The molecular weight excluding hydrogens is 484 g/mol. The third-order valence-corrected chi connectivity index (χ3v) is 6.04. The summed E-state index contributed by atoms with van der Waals surface area (Å²) in [5.41, 5.74) is -0.0124. The fourth-order valence-electron chi connectivity index (χ4n) is 3.96. The molecule has 1 rings (SSSR count). The van der Waals surface area contributed by atoms with Gasteiger partial charge in [0.25, 0.3) is 5.69 Å². The molecule has 0 aliphatic carbocycles. The third-order valence-electron chi connectivity index (χ3n) is 6.04. The van der Waals surface area contributed by atoms with Crippen molar-refractivity contribution in [3.63, 3.8) is 0 Å². The van der Waals surface area contributed by atoms with Crippen molar-refractivity contribution in [3.05, 3.63) is 34.4 Å². The van der Waals surface area contributed by atoms with Gasteiger partial charge in [-0.15, -0.1) is 0 Å². The van der Waals surface area contributed by atoms with Crippen LogP contribution >= 0.6 is 0 Å². The minimum Gasteiger partial charge on any atom is -1.00 e. The molecule has 0 atom stereocenters. The number of benzene rings is 1. The molecule has 0 heterocycles. The lowest BCUT2D eigenvalue weighted by Gasteiger charge is -2.29. The zero-order valence-electron chi connectivity index (χ0n) is 21.0. The van der Waals surface area contributed by atoms with E-state index in [4.69, 9.17) is 4.74 Å². The Morgan fingerprint density at radius 2 is 1.27 bits per heavy atom. The standard InChI is InChI=1S/C26H45N2O4.BrH/c1-4-5-6-7-8-9-10-11-12-13-14-15-22-28(2,3)23-16-17-26(29)32-25-20-18-24(19-21-25)27(30)31;/h18-21H,4-17,22-23H2,1-3H3;1H/q+1;/p-1. The van der Waals surface area contributed by atoms with E-state index in [-0.39, 0.29) is 28.6 Å². The highest BCUT2D eigenvalue weighted by atomic mass is 79.9. The van der Waals surface area contributed by atoms with Crippen LogP contribution in [0.3, 0.4) is 0 Å². The summed E-state index contributed by atoms with van der Waals surface area (Å²) in [6, 6.07) is 5.61. The van der Waals surface area contributed by atoms with Gasteiger partial charge in [0.15, 0.2) is 0 Å². The molecule has 0 aliphatic rings. The summed E-state index contributed by atoms with van der Waals surface area (Å²) in [5, 5.41) is 10.7. The molecule has 0 unspecified atom stereocenters. The quantitative estimate of drug-likeness (QED) is 0.0677. The number of quaternary nitrogens is 1. The lowest BCUT2D eigenvalue weighted by Crippen LogP contribution is -3.00. The highest BCUT2D eigenvalue weighted by Gasteiger charge is 2.16. The van der Waals surface area contributed by atoms with E-state index >= 15 is 0 Å². The molecule has 6 nitrogen and oxygen atoms in total. The molecule has 7 heteroatoms. The number of ether oxygens (including phenoxy) is 1. The second kappa shape index (κ2) is 18.9. The second-order valence-electron chi connectivity index (χ2n) is 9.60. The van der Waals surface area contributed by atoms with Gasteiger partial charge in [-0.2, -0.15) is 0 Å². The van der Waals surface area contributed by atoms with Crippen LogP contribution in [0.25, 0.3) is 0 Å². The van der Waals surface area contributed by atoms with Crippen molar-refractivity contribution in [2.75, 3.05) is 27.2 Å². The molecule has 0 N–H and O–H groups in total. The number of unbranched alkanes of at least 4 members (excludes halogenated alkanes) is 11. The van der Waals surface area contributed by atoms with Crippen LogP contribution in [0.5, 0.6) is 5.75 Å². The van der Waals surface area contributed by atoms with E-state index in [9.17, 15) is 14.9 Å². The maximum atomic E-state index is 12.0. The molecule has 0 amide bonds. The first-order valence-corrected chi connectivity index (χ1v) is 12.6. The minimum absolute atomic E-state index is 0. The highest BCUT2D eigenvalue weighted by molar-refractivity contribution is 5.72. The molecule has 0 spiro atoms. The summed E-state index contributed by atoms with van der Waals surface area (Å²) in [6.07, 6.45) is 17.5. The van der Waals surface area contributed by atoms with Gasteiger partial charge in [-0.3, -0.25) is 14.9 Å². The molecule has 33 heavy (non-hydrogen) atoms. The first kappa shape index (κ1) is 31.5. The van der Waals surface area contributed by atoms with Gasteiger partial charge < -0.3 is 26.2 Å². The first-order chi connectivity index (χ1) is 15.3. The van der Waals surface area contributed by atoms with Gasteiger partial charge >= 0.3 is 5.97 Å². The van der Waals surface area contributed by atoms with Gasteiger partial charge in [0.2, 0.25) is 0 Å². The first-order valence-electron chi connectivity index (χ1n) is 12.6. The topological polar surface area (TPSA) is 69.4 Å². The van der Waals surface area contributed by atoms with Crippen LogP contribution in [0.15, 0.2) is 24.3 Å². The van der Waals surface area contributed by atoms with E-state index < -0.39 is 4.92 Å². The summed E-state index contributed by atoms with van der Waals surface area (Å²) in [5.74, 6) is 0.0649. The minimum atomic E-state index is -0.470. The largest absolute Gasteiger partial charge is 1.00 e. The molecule has 190 valence electrons. The molecule has 0 bridgehead atoms. The van der Waals surface area contributed by atoms with E-state index in [2.05, 4.69) is 21.0 Å². The van der Waals surface area contributed by atoms with Crippen molar-refractivity contribution in [1.29, 1.82) is 0 Å². The van der Waals surface area contributed by atoms with Gasteiger partial charge in [-0.05, 0) is 25.0 Å². The van der Waals surface area contributed by atoms with Crippen LogP contribution < -0.4 is 21.7 Å². The molecule has 1 aromatic rings. The normalized spacial score (nSPS) is 11.1. The summed E-state index contributed by atoms with van der Waals surface area (Å²) in [4.78, 5) is 22.2. The predicted octanol–water partition coefficient (Wildman–Crippen LogP) is 4.06. The Bertz CT molecular complexity index is 650. The average Bonchev–Trinajstić information content (AvgIpc) is 2.74. The zero-order chi connectivity index (χ0) is 23.7. The number of rotatable bonds is 19. The fourth-order valence-corrected chi connectivity index (χ4v) is 3.96. The molecule has 0 aliphatic heterocycles. The number of esters is 1. The van der Waals surface area contributed by atoms with E-state index in [0.717, 1.165) is 24.0 Å². The van der Waals surface area contributed by atoms with Crippen LogP contribution in [-0.2, 0) is 4.79 Å². The number of nitrogens with zero attached hydrogens (tertiary/aromatic N) is 2. The lowest BCUT2D eigenvalue weighted by molar-refractivity contribution is -0.890. The van der Waals surface area contributed by atoms with Crippen LogP contribution in [0.4, 0.5) is 5.69 Å². The number of hydrogen-bond acceptors (Lipinski definition) is 4. The van der Waals surface area contributed by atoms with E-state index in [1.54, 1.807) is 0 Å². The van der Waals surface area contributed by atoms with Gasteiger partial charge in [0.1, 0.15) is 5.75 Å². The number of nitro groups is 1. The predicted molar refractivity (Wildman–Crippen MR) is 131 cm³/mol. The SMILES string of the molecule is CCCCCCCCCCCCCC[N+](C)(C)CCCC(=O)Oc1ccc([N+](=O)[O-])cc1.[Br-]. The average molecular weight is 530 g/mol. The maximum Gasteiger partial charge on any atom is 0.311 e. The molecule has 0 saturated heterocycles. The second-order valence-corrected chi connectivity index (χ2v) is 9.60. The van der Waals surface area contributed by atoms with Crippen LogP contribution in [0, 0.1) is 10.1 Å². The third kappa shape index (κ3) is 16.7. The number of hydrogen-bond donors (Lipinski definition) is 0. The maximum absolute atomic E-state index is 12.0. The number of non-ortho nitro benzene ring substituents is 1. The zero-order valence-corrected chi connectivity index (χ0v) is 22.6. The van der Waals surface area contributed by atoms with E-state index in [0.29, 0.717) is 12.2 Å². The summed E-state index contributed by atoms with van der Waals surface area (Å²) < 4.78 is 6.19. The summed E-state index contributed by atoms with van der Waals surface area (Å²) in [6.45, 7) is 4.34. The Hall–Kier alpha value is -1.47. The van der Waals surface area contributed by atoms with Crippen LogP contribution in [0.1, 0.15) is 96.8 Å². The van der Waals surface area contributed by atoms with Crippen molar-refractivity contribution in [1.82, 2.24) is 0 Å². The van der Waals surface area contributed by atoms with Gasteiger partial charge in [-0.25, -0.2) is 0 Å². The van der Waals surface area contributed by atoms with Gasteiger partial charge in [-0.1, -0.05) is 71.1 Å². The molecule has 0 saturated carbocycles. The number of nitro benzene ring substituents is 1. The van der Waals surface area contributed by atoms with Crippen molar-refractivity contribution in [3.8, 4) is 5.75 Å². The number of halogens is 1. The Kier molecular flexibility index (Phi) is 18.1. The molecular formula is C26H45BrN2O4. The Balaban J connectivity index is 0.0000102. The number of carbonyl (C=O) groups is 1. The van der Waals surface area contributed by atoms with Crippen molar-refractivity contribution >= 4 is 11.7 Å². The van der Waals surface area contributed by atoms with Gasteiger partial charge in [0, 0.05) is 18.6 Å². The molecule has 0 fully saturated rings. The number of carbonyl (C=O) groups excluding carboxylic acids is 1. The van der Waals surface area contributed by atoms with Crippen LogP contribution in [0.2, 0.25) is 0 Å². The van der Waals surface area contributed by atoms with Gasteiger partial charge in [0.05, 0.1) is 38.5 Å². The Morgan fingerprint density at radius 3 is 1.76 bits per heavy atom. The fraction of sp³-hybridized carbons (Fsp3) is 0.731. The van der Waals surface area contributed by atoms with E-state index in [1.165, 1.54) is 101 Å². The van der Waals surface area contributed by atoms with Crippen molar-refractivity contribution in [2.24, 2.45) is 0 Å². The highest BCUT2D eigenvalue weighted by Crippen LogP contribution is 2.18. The molecule has 1 aromatic carbocycles. The Labute approximate surface area is 211 Å². The summed E-state index contributed by atoms with van der Waals surface area (Å²) in [7, 11) is 4.44. The van der Waals surface area contributed by atoms with Crippen molar-refractivity contribution < 1.29 is 35.9 Å². The van der Waals surface area contributed by atoms with Crippen molar-refractivity contribution in [2.45, 2.75) is 96.8 Å².